The van der Waals surface area contributed by atoms with E-state index in [1.165, 1.54) is 0 Å². The summed E-state index contributed by atoms with van der Waals surface area (Å²) in [7, 11) is 1.90. The fraction of sp³-hybridized carbons (Fsp3) is 0.875. The second kappa shape index (κ2) is 6.91. The highest BCUT2D eigenvalue weighted by molar-refractivity contribution is 5.73. The van der Waals surface area contributed by atoms with Crippen molar-refractivity contribution in [2.24, 2.45) is 0 Å². The maximum absolute atomic E-state index is 11.0. The minimum absolute atomic E-state index is 0.0823. The van der Waals surface area contributed by atoms with Crippen molar-refractivity contribution in [1.82, 2.24) is 16.0 Å². The predicted octanol–water partition coefficient (Wildman–Crippen LogP) is 0.304. The molecule has 0 atom stereocenters. The third kappa shape index (κ3) is 7.34. The molecule has 4 nitrogen and oxygen atoms in total. The Labute approximate surface area is 74.1 Å². The number of hydrogen-bond donors (Lipinski definition) is 3. The van der Waals surface area contributed by atoms with Crippen LogP contribution in [0.25, 0.3) is 0 Å². The molecule has 0 rings (SSSR count). The van der Waals surface area contributed by atoms with Gasteiger partial charge in [-0.3, -0.25) is 0 Å². The molecule has 0 saturated carbocycles. The van der Waals surface area contributed by atoms with E-state index in [-0.39, 0.29) is 12.1 Å². The summed E-state index contributed by atoms with van der Waals surface area (Å²) in [6.45, 7) is 5.53. The number of hydrogen-bond acceptors (Lipinski definition) is 2. The maximum atomic E-state index is 11.0. The SMILES string of the molecule is CNCCCNC(=O)NC(C)C. The lowest BCUT2D eigenvalue weighted by atomic mass is 10.4. The van der Waals surface area contributed by atoms with Crippen LogP contribution in [0, 0.1) is 0 Å². The van der Waals surface area contributed by atoms with Crippen LogP contribution >= 0.6 is 0 Å². The van der Waals surface area contributed by atoms with Crippen molar-refractivity contribution in [3.8, 4) is 0 Å². The summed E-state index contributed by atoms with van der Waals surface area (Å²) in [6, 6.07) is 0.121. The molecule has 4 heteroatoms. The number of carbonyl (C=O) groups excluding carboxylic acids is 1. The fourth-order valence-corrected chi connectivity index (χ4v) is 0.780. The van der Waals surface area contributed by atoms with Gasteiger partial charge in [0.25, 0.3) is 0 Å². The second-order valence-electron chi connectivity index (χ2n) is 3.01. The van der Waals surface area contributed by atoms with Crippen molar-refractivity contribution in [3.63, 3.8) is 0 Å². The Balaban J connectivity index is 3.20. The van der Waals surface area contributed by atoms with Crippen molar-refractivity contribution < 1.29 is 4.79 Å². The molecule has 0 saturated heterocycles. The monoisotopic (exact) mass is 173 g/mol. The molecule has 0 aromatic carbocycles. The van der Waals surface area contributed by atoms with Crippen LogP contribution in [0.1, 0.15) is 20.3 Å². The highest BCUT2D eigenvalue weighted by Gasteiger charge is 1.99. The summed E-state index contributed by atoms with van der Waals surface area (Å²) < 4.78 is 0. The van der Waals surface area contributed by atoms with Crippen LogP contribution in [-0.2, 0) is 0 Å². The first-order valence-corrected chi connectivity index (χ1v) is 4.35. The van der Waals surface area contributed by atoms with Crippen LogP contribution in [-0.4, -0.2) is 32.2 Å². The Morgan fingerprint density at radius 2 is 2.00 bits per heavy atom. The van der Waals surface area contributed by atoms with Crippen LogP contribution in [0.4, 0.5) is 4.79 Å². The van der Waals surface area contributed by atoms with Crippen LogP contribution in [0.15, 0.2) is 0 Å². The summed E-state index contributed by atoms with van der Waals surface area (Å²) >= 11 is 0. The molecule has 0 aliphatic rings. The molecule has 0 unspecified atom stereocenters. The maximum Gasteiger partial charge on any atom is 0.314 e. The molecule has 2 amide bonds. The number of amides is 2. The van der Waals surface area contributed by atoms with Gasteiger partial charge in [0.2, 0.25) is 0 Å². The fourth-order valence-electron chi connectivity index (χ4n) is 0.780. The van der Waals surface area contributed by atoms with Gasteiger partial charge in [-0.15, -0.1) is 0 Å². The van der Waals surface area contributed by atoms with E-state index in [4.69, 9.17) is 0 Å². The Kier molecular flexibility index (Phi) is 6.47. The van der Waals surface area contributed by atoms with Gasteiger partial charge in [0.1, 0.15) is 0 Å². The first kappa shape index (κ1) is 11.2. The second-order valence-corrected chi connectivity index (χ2v) is 3.01. The summed E-state index contributed by atoms with van der Waals surface area (Å²) in [5.74, 6) is 0. The Bertz CT molecular complexity index is 125. The topological polar surface area (TPSA) is 53.2 Å². The normalized spacial score (nSPS) is 10.0. The van der Waals surface area contributed by atoms with Gasteiger partial charge in [-0.05, 0) is 33.9 Å². The third-order valence-electron chi connectivity index (χ3n) is 1.31. The molecule has 0 aliphatic heterocycles. The lowest BCUT2D eigenvalue weighted by molar-refractivity contribution is 0.238. The van der Waals surface area contributed by atoms with Crippen LogP contribution in [0.3, 0.4) is 0 Å². The number of carbonyl (C=O) groups is 1. The molecular formula is C8H19N3O. The lowest BCUT2D eigenvalue weighted by Crippen LogP contribution is -2.40. The minimum Gasteiger partial charge on any atom is -0.338 e. The molecular weight excluding hydrogens is 154 g/mol. The van der Waals surface area contributed by atoms with E-state index in [1.807, 2.05) is 20.9 Å². The quantitative estimate of drug-likeness (QED) is 0.524. The highest BCUT2D eigenvalue weighted by Crippen LogP contribution is 1.77. The van der Waals surface area contributed by atoms with E-state index in [2.05, 4.69) is 16.0 Å². The van der Waals surface area contributed by atoms with Gasteiger partial charge in [0, 0.05) is 12.6 Å². The Hall–Kier alpha value is -0.770. The molecule has 0 spiro atoms. The number of rotatable bonds is 5. The molecule has 0 aromatic rings. The number of nitrogens with one attached hydrogen (secondary N) is 3. The lowest BCUT2D eigenvalue weighted by Gasteiger charge is -2.09. The van der Waals surface area contributed by atoms with Gasteiger partial charge >= 0.3 is 6.03 Å². The summed E-state index contributed by atoms with van der Waals surface area (Å²) in [5.41, 5.74) is 0. The molecule has 0 aliphatic carbocycles. The zero-order valence-corrected chi connectivity index (χ0v) is 8.11. The first-order valence-electron chi connectivity index (χ1n) is 4.35. The van der Waals surface area contributed by atoms with E-state index < -0.39 is 0 Å². The van der Waals surface area contributed by atoms with Crippen LogP contribution in [0.5, 0.6) is 0 Å². The Morgan fingerprint density at radius 1 is 1.33 bits per heavy atom. The third-order valence-corrected chi connectivity index (χ3v) is 1.31. The van der Waals surface area contributed by atoms with Crippen LogP contribution < -0.4 is 16.0 Å². The highest BCUT2D eigenvalue weighted by atomic mass is 16.2. The molecule has 0 aromatic heterocycles. The van der Waals surface area contributed by atoms with Gasteiger partial charge < -0.3 is 16.0 Å². The molecule has 3 N–H and O–H groups in total. The van der Waals surface area contributed by atoms with E-state index in [0.717, 1.165) is 19.5 Å². The molecule has 0 bridgehead atoms. The smallest absolute Gasteiger partial charge is 0.314 e. The average molecular weight is 173 g/mol. The van der Waals surface area contributed by atoms with Crippen LogP contribution in [0.2, 0.25) is 0 Å². The van der Waals surface area contributed by atoms with Crippen molar-refractivity contribution in [3.05, 3.63) is 0 Å². The standard InChI is InChI=1S/C8H19N3O/c1-7(2)11-8(12)10-6-4-5-9-3/h7,9H,4-6H2,1-3H3,(H2,10,11,12). The van der Waals surface area contributed by atoms with E-state index in [9.17, 15) is 4.79 Å². The summed E-state index contributed by atoms with van der Waals surface area (Å²) in [6.07, 6.45) is 0.960. The van der Waals surface area contributed by atoms with Gasteiger partial charge in [-0.25, -0.2) is 4.79 Å². The van der Waals surface area contributed by atoms with E-state index >= 15 is 0 Å². The van der Waals surface area contributed by atoms with Gasteiger partial charge in [-0.1, -0.05) is 0 Å². The average Bonchev–Trinajstić information content (AvgIpc) is 1.97. The van der Waals surface area contributed by atoms with Gasteiger partial charge in [-0.2, -0.15) is 0 Å². The Morgan fingerprint density at radius 3 is 2.50 bits per heavy atom. The van der Waals surface area contributed by atoms with E-state index in [1.54, 1.807) is 0 Å². The largest absolute Gasteiger partial charge is 0.338 e. The van der Waals surface area contributed by atoms with Gasteiger partial charge in [0.05, 0.1) is 0 Å². The molecule has 0 radical (unpaired) electrons. The number of urea groups is 1. The summed E-state index contributed by atoms with van der Waals surface area (Å²) in [5, 5.41) is 8.52. The van der Waals surface area contributed by atoms with Crippen molar-refractivity contribution >= 4 is 6.03 Å². The first-order chi connectivity index (χ1) is 5.66. The van der Waals surface area contributed by atoms with E-state index in [0.29, 0.717) is 0 Å². The van der Waals surface area contributed by atoms with Gasteiger partial charge in [0.15, 0.2) is 0 Å². The zero-order valence-electron chi connectivity index (χ0n) is 8.11. The predicted molar refractivity (Wildman–Crippen MR) is 50.2 cm³/mol. The molecule has 12 heavy (non-hydrogen) atoms. The van der Waals surface area contributed by atoms with Crippen molar-refractivity contribution in [2.75, 3.05) is 20.1 Å². The van der Waals surface area contributed by atoms with Crippen molar-refractivity contribution in [1.29, 1.82) is 0 Å². The summed E-state index contributed by atoms with van der Waals surface area (Å²) in [4.78, 5) is 11.0. The molecule has 0 heterocycles. The zero-order chi connectivity index (χ0) is 9.40. The van der Waals surface area contributed by atoms with Crippen molar-refractivity contribution in [2.45, 2.75) is 26.3 Å². The molecule has 0 fully saturated rings. The minimum atomic E-state index is -0.0823. The molecule has 72 valence electrons.